The predicted molar refractivity (Wildman–Crippen MR) is 128 cm³/mol. The molecule has 8 nitrogen and oxygen atoms in total. The average molecular weight is 464 g/mol. The number of nitrogens with zero attached hydrogens (tertiary/aromatic N) is 5. The molecule has 2 aromatic carbocycles. The molecule has 0 spiro atoms. The van der Waals surface area contributed by atoms with E-state index in [1.807, 2.05) is 48.2 Å². The van der Waals surface area contributed by atoms with Gasteiger partial charge in [-0.05, 0) is 37.6 Å². The Hall–Kier alpha value is -3.33. The monoisotopic (exact) mass is 463 g/mol. The minimum absolute atomic E-state index is 0.0251. The van der Waals surface area contributed by atoms with Crippen molar-refractivity contribution in [2.75, 3.05) is 25.5 Å². The summed E-state index contributed by atoms with van der Waals surface area (Å²) in [6.45, 7) is 7.06. The number of carbonyl (C=O) groups excluding carboxylic acids is 1. The number of hydrogen-bond donors (Lipinski definition) is 0. The van der Waals surface area contributed by atoms with Crippen LogP contribution in [0.15, 0.2) is 47.6 Å². The van der Waals surface area contributed by atoms with Crippen LogP contribution in [0.3, 0.4) is 0 Å². The lowest BCUT2D eigenvalue weighted by Crippen LogP contribution is -2.31. The average Bonchev–Trinajstić information content (AvgIpc) is 3.18. The van der Waals surface area contributed by atoms with Crippen LogP contribution in [0.1, 0.15) is 19.4 Å². The van der Waals surface area contributed by atoms with Gasteiger partial charge < -0.3 is 18.9 Å². The number of thioether (sulfide) groups is 1. The molecule has 4 aromatic rings. The van der Waals surface area contributed by atoms with E-state index >= 15 is 0 Å². The topological polar surface area (TPSA) is 82.4 Å². The second kappa shape index (κ2) is 9.27. The molecule has 3 heterocycles. The van der Waals surface area contributed by atoms with Crippen LogP contribution in [-0.2, 0) is 17.9 Å². The van der Waals surface area contributed by atoms with Crippen LogP contribution in [0.25, 0.3) is 22.1 Å². The molecule has 1 amide bonds. The van der Waals surface area contributed by atoms with E-state index in [0.29, 0.717) is 31.5 Å². The van der Waals surface area contributed by atoms with Crippen LogP contribution < -0.4 is 9.47 Å². The highest BCUT2D eigenvalue weighted by atomic mass is 32.2. The van der Waals surface area contributed by atoms with Crippen molar-refractivity contribution in [3.63, 3.8) is 0 Å². The minimum Gasteiger partial charge on any atom is -0.486 e. The van der Waals surface area contributed by atoms with E-state index in [1.165, 1.54) is 11.8 Å². The third kappa shape index (κ3) is 4.20. The number of amides is 1. The second-order valence-corrected chi connectivity index (χ2v) is 8.65. The van der Waals surface area contributed by atoms with E-state index in [-0.39, 0.29) is 11.7 Å². The zero-order chi connectivity index (χ0) is 22.8. The fraction of sp³-hybridized carbons (Fsp3) is 0.333. The number of benzene rings is 2. The Labute approximate surface area is 195 Å². The van der Waals surface area contributed by atoms with Crippen LogP contribution in [0, 0.1) is 0 Å². The zero-order valence-corrected chi connectivity index (χ0v) is 19.5. The fourth-order valence-electron chi connectivity index (χ4n) is 4.07. The highest BCUT2D eigenvalue weighted by molar-refractivity contribution is 7.99. The molecule has 1 aliphatic rings. The summed E-state index contributed by atoms with van der Waals surface area (Å²) in [5, 5.41) is 10.2. The predicted octanol–water partition coefficient (Wildman–Crippen LogP) is 3.91. The molecule has 1 aliphatic heterocycles. The number of aromatic nitrogens is 4. The molecule has 0 saturated carbocycles. The molecule has 0 N–H and O–H groups in total. The lowest BCUT2D eigenvalue weighted by atomic mass is 10.2. The van der Waals surface area contributed by atoms with E-state index in [4.69, 9.17) is 14.5 Å². The highest BCUT2D eigenvalue weighted by Gasteiger charge is 2.18. The summed E-state index contributed by atoms with van der Waals surface area (Å²) in [5.74, 6) is 1.75. The van der Waals surface area contributed by atoms with Crippen molar-refractivity contribution in [2.45, 2.75) is 32.1 Å². The molecule has 9 heteroatoms. The Kier molecular flexibility index (Phi) is 6.04. The third-order valence-corrected chi connectivity index (χ3v) is 6.53. The van der Waals surface area contributed by atoms with Crippen molar-refractivity contribution >= 4 is 39.7 Å². The Morgan fingerprint density at radius 1 is 1.09 bits per heavy atom. The number of carbonyl (C=O) groups is 1. The molecule has 0 aliphatic carbocycles. The summed E-state index contributed by atoms with van der Waals surface area (Å²) in [6.07, 6.45) is 0. The summed E-state index contributed by atoms with van der Waals surface area (Å²) >= 11 is 1.32. The van der Waals surface area contributed by atoms with Gasteiger partial charge in [0.15, 0.2) is 17.1 Å². The van der Waals surface area contributed by atoms with Crippen molar-refractivity contribution in [3.05, 3.63) is 48.0 Å². The molecule has 0 atom stereocenters. The Balaban J connectivity index is 1.30. The van der Waals surface area contributed by atoms with Gasteiger partial charge in [0.1, 0.15) is 18.7 Å². The van der Waals surface area contributed by atoms with Gasteiger partial charge in [-0.15, -0.1) is 10.2 Å². The first-order valence-electron chi connectivity index (χ1n) is 11.1. The van der Waals surface area contributed by atoms with Gasteiger partial charge in [0, 0.05) is 25.0 Å². The molecule has 5 rings (SSSR count). The van der Waals surface area contributed by atoms with Crippen molar-refractivity contribution in [1.29, 1.82) is 0 Å². The summed E-state index contributed by atoms with van der Waals surface area (Å²) in [6, 6.07) is 13.9. The summed E-state index contributed by atoms with van der Waals surface area (Å²) < 4.78 is 13.4. The van der Waals surface area contributed by atoms with Gasteiger partial charge in [-0.3, -0.25) is 4.79 Å². The van der Waals surface area contributed by atoms with Crippen molar-refractivity contribution in [3.8, 4) is 11.5 Å². The number of fused-ring (bicyclic) bond motifs is 4. The first kappa shape index (κ1) is 21.5. The largest absolute Gasteiger partial charge is 0.486 e. The maximum absolute atomic E-state index is 12.9. The normalized spacial score (nSPS) is 12.9. The van der Waals surface area contributed by atoms with E-state index in [2.05, 4.69) is 27.8 Å². The number of ether oxygens (including phenoxy) is 2. The third-order valence-electron chi connectivity index (χ3n) is 5.71. The van der Waals surface area contributed by atoms with Crippen LogP contribution in [-0.4, -0.2) is 56.1 Å². The van der Waals surface area contributed by atoms with Gasteiger partial charge in [-0.25, -0.2) is 4.98 Å². The molecular weight excluding hydrogens is 438 g/mol. The Bertz CT molecular complexity index is 1320. The molecule has 0 fully saturated rings. The zero-order valence-electron chi connectivity index (χ0n) is 18.7. The van der Waals surface area contributed by atoms with Crippen LogP contribution >= 0.6 is 11.8 Å². The maximum atomic E-state index is 12.9. The summed E-state index contributed by atoms with van der Waals surface area (Å²) in [4.78, 5) is 19.5. The fourth-order valence-corrected chi connectivity index (χ4v) is 4.76. The van der Waals surface area contributed by atoms with E-state index in [1.54, 1.807) is 0 Å². The molecule has 33 heavy (non-hydrogen) atoms. The summed E-state index contributed by atoms with van der Waals surface area (Å²) in [7, 11) is 0. The highest BCUT2D eigenvalue weighted by Crippen LogP contribution is 2.31. The van der Waals surface area contributed by atoms with Gasteiger partial charge in [-0.1, -0.05) is 36.0 Å². The molecule has 0 unspecified atom stereocenters. The minimum atomic E-state index is 0.0251. The number of para-hydroxylation sites is 1. The molecule has 2 aromatic heterocycles. The number of aryl methyl sites for hydroxylation is 1. The molecule has 0 bridgehead atoms. The Morgan fingerprint density at radius 3 is 2.73 bits per heavy atom. The van der Waals surface area contributed by atoms with Crippen LogP contribution in [0.2, 0.25) is 0 Å². The Morgan fingerprint density at radius 2 is 1.91 bits per heavy atom. The van der Waals surface area contributed by atoms with Gasteiger partial charge in [0.25, 0.3) is 0 Å². The number of rotatable bonds is 7. The smallest absolute Gasteiger partial charge is 0.233 e. The van der Waals surface area contributed by atoms with E-state index in [9.17, 15) is 4.79 Å². The molecular formula is C24H25N5O3S. The van der Waals surface area contributed by atoms with Gasteiger partial charge in [-0.2, -0.15) is 0 Å². The first-order chi connectivity index (χ1) is 16.2. The lowest BCUT2D eigenvalue weighted by Gasteiger charge is -2.23. The standard InChI is InChI=1S/C24H25N5O3S/c1-3-28(14-16-9-10-19-20(13-16)32-12-11-31-19)21(30)15-33-24-25-23-22(26-27-24)17-7-5-6-8-18(17)29(23)4-2/h5-10,13H,3-4,11-12,14-15H2,1-2H3. The molecule has 170 valence electrons. The molecule has 0 radical (unpaired) electrons. The van der Waals surface area contributed by atoms with Crippen LogP contribution in [0.4, 0.5) is 0 Å². The SMILES string of the molecule is CCN(Cc1ccc2c(c1)OCCO2)C(=O)CSc1nnc2c3ccccc3n(CC)c2n1. The van der Waals surface area contributed by atoms with Crippen molar-refractivity contribution < 1.29 is 14.3 Å². The lowest BCUT2D eigenvalue weighted by molar-refractivity contribution is -0.128. The van der Waals surface area contributed by atoms with E-state index < -0.39 is 0 Å². The first-order valence-corrected chi connectivity index (χ1v) is 12.1. The van der Waals surface area contributed by atoms with Crippen LogP contribution in [0.5, 0.6) is 11.5 Å². The molecule has 0 saturated heterocycles. The maximum Gasteiger partial charge on any atom is 0.233 e. The van der Waals surface area contributed by atoms with Crippen molar-refractivity contribution in [1.82, 2.24) is 24.6 Å². The quantitative estimate of drug-likeness (QED) is 0.384. The van der Waals surface area contributed by atoms with Gasteiger partial charge in [0.2, 0.25) is 11.1 Å². The summed E-state index contributed by atoms with van der Waals surface area (Å²) in [5.41, 5.74) is 3.68. The number of hydrogen-bond acceptors (Lipinski definition) is 7. The van der Waals surface area contributed by atoms with Crippen molar-refractivity contribution in [2.24, 2.45) is 0 Å². The van der Waals surface area contributed by atoms with Gasteiger partial charge in [0.05, 0.1) is 11.3 Å². The second-order valence-electron chi connectivity index (χ2n) is 7.70. The van der Waals surface area contributed by atoms with E-state index in [0.717, 1.165) is 45.7 Å². The van der Waals surface area contributed by atoms with Gasteiger partial charge >= 0.3 is 0 Å².